The van der Waals surface area contributed by atoms with Gasteiger partial charge in [-0.15, -0.1) is 23.2 Å². The summed E-state index contributed by atoms with van der Waals surface area (Å²) >= 11 is 16.0. The van der Waals surface area contributed by atoms with Crippen LogP contribution >= 0.6 is 45.8 Å². The molecule has 2 heterocycles. The van der Waals surface area contributed by atoms with Gasteiger partial charge in [-0.25, -0.2) is 31.6 Å². The molecule has 2 aliphatic heterocycles. The van der Waals surface area contributed by atoms with E-state index in [-0.39, 0.29) is 48.8 Å². The van der Waals surface area contributed by atoms with Gasteiger partial charge < -0.3 is 14.9 Å². The number of carboxylic acid groups (broad SMARTS) is 1. The Morgan fingerprint density at radius 1 is 0.904 bits per heavy atom. The van der Waals surface area contributed by atoms with Crippen molar-refractivity contribution >= 4 is 86.8 Å². The number of aromatic hydroxyl groups is 1. The Hall–Kier alpha value is -4.29. The van der Waals surface area contributed by atoms with Crippen molar-refractivity contribution in [1.29, 1.82) is 0 Å². The summed E-state index contributed by atoms with van der Waals surface area (Å²) in [6, 6.07) is 7.61. The molecule has 1 saturated carbocycles. The number of hydrogen-bond acceptors (Lipinski definition) is 7. The zero-order valence-electron chi connectivity index (χ0n) is 26.0. The van der Waals surface area contributed by atoms with Crippen LogP contribution < -0.4 is 14.5 Å². The molecule has 3 aromatic rings. The Morgan fingerprint density at radius 3 is 2.15 bits per heavy atom. The predicted octanol–water partition coefficient (Wildman–Crippen LogP) is 6.17. The van der Waals surface area contributed by atoms with Crippen molar-refractivity contribution in [3.8, 4) is 11.5 Å². The molecule has 0 bridgehead atoms. The molecular formula is C34H20Cl2F5IN2O8. The molecule has 0 spiro atoms. The van der Waals surface area contributed by atoms with Crippen molar-refractivity contribution in [2.24, 2.45) is 17.8 Å². The number of allylic oxidation sites excluding steroid dienone is 2. The van der Waals surface area contributed by atoms with Gasteiger partial charge in [0.2, 0.25) is 17.6 Å². The Balaban J connectivity index is 1.44. The maximum absolute atomic E-state index is 15.3. The van der Waals surface area contributed by atoms with Gasteiger partial charge in [-0.3, -0.25) is 24.1 Å². The number of nitrogens with zero attached hydrogens (tertiary/aromatic N) is 2. The molecule has 2 N–H and O–H groups in total. The number of phenols is 1. The lowest BCUT2D eigenvalue weighted by Gasteiger charge is -2.50. The van der Waals surface area contributed by atoms with Crippen molar-refractivity contribution in [1.82, 2.24) is 0 Å². The van der Waals surface area contributed by atoms with E-state index in [0.29, 0.717) is 0 Å². The van der Waals surface area contributed by atoms with Crippen LogP contribution in [0.2, 0.25) is 0 Å². The number of phenolic OH excluding ortho intramolecular Hbond substituents is 1. The van der Waals surface area contributed by atoms with E-state index in [1.165, 1.54) is 43.5 Å². The molecule has 2 aliphatic carbocycles. The molecule has 0 aromatic heterocycles. The van der Waals surface area contributed by atoms with Crippen LogP contribution in [0, 0.1) is 50.4 Å². The van der Waals surface area contributed by atoms with E-state index in [1.54, 1.807) is 22.6 Å². The Morgan fingerprint density at radius 2 is 1.54 bits per heavy atom. The van der Waals surface area contributed by atoms with E-state index < -0.39 is 104 Å². The number of rotatable bonds is 5. The number of fused-ring (bicyclic) bond motifs is 4. The maximum atomic E-state index is 15.3. The summed E-state index contributed by atoms with van der Waals surface area (Å²) in [7, 11) is 1.21. The van der Waals surface area contributed by atoms with Gasteiger partial charge in [-0.1, -0.05) is 17.7 Å². The summed E-state index contributed by atoms with van der Waals surface area (Å²) in [6.45, 7) is 0. The van der Waals surface area contributed by atoms with Crippen LogP contribution in [0.25, 0.3) is 0 Å². The zero-order chi connectivity index (χ0) is 37.9. The van der Waals surface area contributed by atoms with Crippen LogP contribution in [0.3, 0.4) is 0 Å². The minimum Gasteiger partial charge on any atom is -0.504 e. The number of hydrogen-bond donors (Lipinski definition) is 2. The van der Waals surface area contributed by atoms with Gasteiger partial charge in [0, 0.05) is 5.92 Å². The maximum Gasteiger partial charge on any atom is 0.335 e. The highest BCUT2D eigenvalue weighted by atomic mass is 127. The molecule has 6 unspecified atom stereocenters. The predicted molar refractivity (Wildman–Crippen MR) is 180 cm³/mol. The van der Waals surface area contributed by atoms with E-state index in [2.05, 4.69) is 0 Å². The molecular weight excluding hydrogens is 857 g/mol. The van der Waals surface area contributed by atoms with Crippen molar-refractivity contribution in [2.45, 2.75) is 28.5 Å². The molecule has 3 fully saturated rings. The normalized spacial score (nSPS) is 28.1. The summed E-state index contributed by atoms with van der Waals surface area (Å²) in [4.78, 5) is 63.5. The SMILES string of the molecule is COc1cc(C2C3=CCC4C(=O)N(c5cccc(C(=O)O)c5)C(=O)C4C3CC3(Cl)C(=O)N(c4c(F)c(F)c(F)c(F)c4F)C(=O)C23Cl)cc(I)c1O. The third-order valence-corrected chi connectivity index (χ3v) is 12.4. The highest BCUT2D eigenvalue weighted by molar-refractivity contribution is 14.1. The van der Waals surface area contributed by atoms with Crippen molar-refractivity contribution in [3.05, 3.63) is 91.8 Å². The van der Waals surface area contributed by atoms with Gasteiger partial charge in [0.15, 0.2) is 44.5 Å². The topological polar surface area (TPSA) is 142 Å². The number of benzene rings is 3. The second kappa shape index (κ2) is 12.1. The number of halogens is 8. The molecule has 4 amide bonds. The molecule has 6 atom stereocenters. The fourth-order valence-corrected chi connectivity index (χ4v) is 9.45. The number of aromatic carboxylic acids is 1. The van der Waals surface area contributed by atoms with Gasteiger partial charge in [-0.05, 0) is 77.2 Å². The molecule has 2 saturated heterocycles. The first kappa shape index (κ1) is 36.1. The molecule has 3 aromatic carbocycles. The molecule has 270 valence electrons. The first-order valence-corrected chi connectivity index (χ1v) is 17.0. The highest BCUT2D eigenvalue weighted by Crippen LogP contribution is 2.66. The third kappa shape index (κ3) is 4.61. The van der Waals surface area contributed by atoms with E-state index in [9.17, 15) is 47.4 Å². The van der Waals surface area contributed by atoms with Gasteiger partial charge in [-0.2, -0.15) is 0 Å². The lowest BCUT2D eigenvalue weighted by atomic mass is 9.56. The molecule has 18 heteroatoms. The second-order valence-electron chi connectivity index (χ2n) is 12.6. The molecule has 7 rings (SSSR count). The van der Waals surface area contributed by atoms with Crippen LogP contribution in [0.5, 0.6) is 11.5 Å². The van der Waals surface area contributed by atoms with Crippen molar-refractivity contribution in [3.63, 3.8) is 0 Å². The summed E-state index contributed by atoms with van der Waals surface area (Å²) in [5.41, 5.74) is -1.98. The zero-order valence-corrected chi connectivity index (χ0v) is 29.7. The monoisotopic (exact) mass is 876 g/mol. The Bertz CT molecular complexity index is 2210. The van der Waals surface area contributed by atoms with Gasteiger partial charge >= 0.3 is 5.97 Å². The van der Waals surface area contributed by atoms with E-state index in [4.69, 9.17) is 27.9 Å². The van der Waals surface area contributed by atoms with Crippen LogP contribution in [0.15, 0.2) is 48.0 Å². The molecule has 52 heavy (non-hydrogen) atoms. The Kier molecular flexibility index (Phi) is 8.42. The standard InChI is InChI=1S/C34H20Cl2F5IN2O8/c1-52-18-9-12(8-17(42)27(18)45)20-14-5-6-15-19(29(47)43(28(15)46)13-4-2-3-11(7-13)30(48)49)16(14)10-33(35)31(50)44(32(51)34(20,33)36)26-24(40)22(38)21(37)23(39)25(26)41/h2-5,7-9,15-16,19-20,45H,6,10H2,1H3,(H,48,49). The van der Waals surface area contributed by atoms with Crippen LogP contribution in [0.4, 0.5) is 33.3 Å². The molecule has 4 aliphatic rings. The summed E-state index contributed by atoms with van der Waals surface area (Å²) in [5.74, 6) is -24.3. The number of ether oxygens (including phenoxy) is 1. The number of amides is 4. The lowest BCUT2D eigenvalue weighted by Crippen LogP contribution is -2.60. The van der Waals surface area contributed by atoms with Crippen LogP contribution in [-0.2, 0) is 19.2 Å². The largest absolute Gasteiger partial charge is 0.504 e. The average Bonchev–Trinajstić information content (AvgIpc) is 3.45. The molecule has 0 radical (unpaired) electrons. The van der Waals surface area contributed by atoms with E-state index >= 15 is 8.78 Å². The number of anilines is 2. The second-order valence-corrected chi connectivity index (χ2v) is 15.0. The summed E-state index contributed by atoms with van der Waals surface area (Å²) in [5, 5.41) is 20.1. The van der Waals surface area contributed by atoms with Gasteiger partial charge in [0.1, 0.15) is 5.69 Å². The summed E-state index contributed by atoms with van der Waals surface area (Å²) < 4.78 is 78.9. The fraction of sp³-hybridized carbons (Fsp3) is 0.265. The van der Waals surface area contributed by atoms with Crippen LogP contribution in [-0.4, -0.2) is 56.7 Å². The first-order valence-electron chi connectivity index (χ1n) is 15.2. The minimum absolute atomic E-state index is 0.0386. The molecule has 10 nitrogen and oxygen atoms in total. The number of imide groups is 2. The highest BCUT2D eigenvalue weighted by Gasteiger charge is 2.77. The fourth-order valence-electron chi connectivity index (χ4n) is 7.89. The number of carbonyl (C=O) groups excluding carboxylic acids is 4. The number of carbonyl (C=O) groups is 5. The van der Waals surface area contributed by atoms with E-state index in [0.717, 1.165) is 11.0 Å². The quantitative estimate of drug-likeness (QED) is 0.0591. The van der Waals surface area contributed by atoms with Crippen molar-refractivity contribution < 1.29 is 60.9 Å². The minimum atomic E-state index is -2.77. The lowest BCUT2D eigenvalue weighted by molar-refractivity contribution is -0.125. The van der Waals surface area contributed by atoms with Crippen molar-refractivity contribution in [2.75, 3.05) is 16.9 Å². The number of alkyl halides is 2. The van der Waals surface area contributed by atoms with Gasteiger partial charge in [0.25, 0.3) is 11.8 Å². The first-order chi connectivity index (χ1) is 24.4. The van der Waals surface area contributed by atoms with E-state index in [1.807, 2.05) is 0 Å². The number of carboxylic acids is 1. The average molecular weight is 877 g/mol. The number of methoxy groups -OCH3 is 1. The summed E-state index contributed by atoms with van der Waals surface area (Å²) in [6.07, 6.45) is 0.640. The Labute approximate surface area is 312 Å². The smallest absolute Gasteiger partial charge is 0.335 e. The van der Waals surface area contributed by atoms with Gasteiger partial charge in [0.05, 0.1) is 33.8 Å². The third-order valence-electron chi connectivity index (χ3n) is 10.2. The van der Waals surface area contributed by atoms with Crippen LogP contribution in [0.1, 0.15) is 34.7 Å².